The average Bonchev–Trinajstić information content (AvgIpc) is 3.25. The van der Waals surface area contributed by atoms with Crippen LogP contribution in [0.1, 0.15) is 64.2 Å². The van der Waals surface area contributed by atoms with Gasteiger partial charge in [0.1, 0.15) is 0 Å². The summed E-state index contributed by atoms with van der Waals surface area (Å²) >= 11 is 1.43. The number of carbonyl (C=O) groups excluding carboxylic acids is 1. The number of amides is 1. The SMILES string of the molecule is [N-]=[N+]=NCCCCC/C=C\C/C=C\C/C=C\C/C=C\CCCC(=O)Nc1nccs1. The van der Waals surface area contributed by atoms with Crippen LogP contribution in [0.25, 0.3) is 10.4 Å². The number of hydrogen-bond donors (Lipinski definition) is 1. The third-order valence-electron chi connectivity index (χ3n) is 4.13. The van der Waals surface area contributed by atoms with E-state index in [1.165, 1.54) is 11.3 Å². The molecular weight excluding hydrogens is 394 g/mol. The van der Waals surface area contributed by atoms with Crippen molar-refractivity contribution in [2.75, 3.05) is 11.9 Å². The first-order chi connectivity index (χ1) is 14.8. The Morgan fingerprint density at radius 2 is 1.60 bits per heavy atom. The minimum atomic E-state index is 0.0297. The van der Waals surface area contributed by atoms with Crippen LogP contribution in [-0.4, -0.2) is 17.4 Å². The van der Waals surface area contributed by atoms with Crippen molar-refractivity contribution in [2.45, 2.75) is 64.2 Å². The van der Waals surface area contributed by atoms with Crippen molar-refractivity contribution < 1.29 is 4.79 Å². The molecule has 1 heterocycles. The van der Waals surface area contributed by atoms with Crippen molar-refractivity contribution in [3.8, 4) is 0 Å². The number of nitrogens with zero attached hydrogens (tertiary/aromatic N) is 4. The molecule has 30 heavy (non-hydrogen) atoms. The summed E-state index contributed by atoms with van der Waals surface area (Å²) in [5.41, 5.74) is 8.18. The smallest absolute Gasteiger partial charge is 0.226 e. The number of thiazole rings is 1. The molecule has 0 unspecified atom stereocenters. The van der Waals surface area contributed by atoms with Gasteiger partial charge < -0.3 is 5.32 Å². The Bertz CT molecular complexity index is 716. The molecule has 0 fully saturated rings. The molecule has 0 atom stereocenters. The van der Waals surface area contributed by atoms with E-state index in [-0.39, 0.29) is 5.91 Å². The Balaban J connectivity index is 1.90. The molecule has 0 saturated heterocycles. The first-order valence-corrected chi connectivity index (χ1v) is 11.5. The van der Waals surface area contributed by atoms with E-state index in [0.29, 0.717) is 18.1 Å². The predicted molar refractivity (Wildman–Crippen MR) is 127 cm³/mol. The summed E-state index contributed by atoms with van der Waals surface area (Å²) in [6, 6.07) is 0. The fourth-order valence-electron chi connectivity index (χ4n) is 2.56. The fourth-order valence-corrected chi connectivity index (χ4v) is 3.11. The lowest BCUT2D eigenvalue weighted by atomic mass is 10.2. The fraction of sp³-hybridized carbons (Fsp3) is 0.478. The van der Waals surface area contributed by atoms with E-state index in [1.807, 2.05) is 5.38 Å². The normalized spacial score (nSPS) is 11.7. The van der Waals surface area contributed by atoms with Gasteiger partial charge in [0.25, 0.3) is 0 Å². The van der Waals surface area contributed by atoms with Crippen molar-refractivity contribution in [1.29, 1.82) is 0 Å². The first-order valence-electron chi connectivity index (χ1n) is 10.6. The van der Waals surface area contributed by atoms with E-state index in [9.17, 15) is 4.79 Å². The highest BCUT2D eigenvalue weighted by molar-refractivity contribution is 7.13. The minimum Gasteiger partial charge on any atom is -0.302 e. The van der Waals surface area contributed by atoms with Gasteiger partial charge in [-0.1, -0.05) is 60.1 Å². The molecule has 162 valence electrons. The number of unbranched alkanes of at least 4 members (excludes halogenated alkanes) is 4. The molecule has 0 bridgehead atoms. The third kappa shape index (κ3) is 16.3. The van der Waals surface area contributed by atoms with Crippen LogP contribution >= 0.6 is 11.3 Å². The number of nitrogens with one attached hydrogen (secondary N) is 1. The van der Waals surface area contributed by atoms with Gasteiger partial charge in [-0.05, 0) is 56.9 Å². The third-order valence-corrected chi connectivity index (χ3v) is 4.82. The lowest BCUT2D eigenvalue weighted by Crippen LogP contribution is -2.10. The monoisotopic (exact) mass is 427 g/mol. The summed E-state index contributed by atoms with van der Waals surface area (Å²) in [6.45, 7) is 0.611. The molecule has 0 aliphatic heterocycles. The number of anilines is 1. The molecule has 1 N–H and O–H groups in total. The van der Waals surface area contributed by atoms with Crippen molar-refractivity contribution in [3.05, 3.63) is 70.6 Å². The van der Waals surface area contributed by atoms with E-state index < -0.39 is 0 Å². The van der Waals surface area contributed by atoms with Gasteiger partial charge >= 0.3 is 0 Å². The number of rotatable bonds is 17. The molecule has 0 aromatic carbocycles. The second-order valence-corrected chi connectivity index (χ2v) is 7.57. The molecule has 0 aliphatic rings. The van der Waals surface area contributed by atoms with Crippen LogP contribution in [0.15, 0.2) is 65.3 Å². The van der Waals surface area contributed by atoms with Crippen LogP contribution in [-0.2, 0) is 4.79 Å². The van der Waals surface area contributed by atoms with Crippen molar-refractivity contribution in [3.63, 3.8) is 0 Å². The topological polar surface area (TPSA) is 90.8 Å². The van der Waals surface area contributed by atoms with E-state index in [1.54, 1.807) is 6.20 Å². The molecule has 0 aliphatic carbocycles. The van der Waals surface area contributed by atoms with Gasteiger partial charge in [-0.15, -0.1) is 11.3 Å². The molecule has 1 aromatic rings. The van der Waals surface area contributed by atoms with E-state index in [2.05, 4.69) is 68.9 Å². The van der Waals surface area contributed by atoms with Crippen molar-refractivity contribution >= 4 is 22.4 Å². The van der Waals surface area contributed by atoms with Crippen LogP contribution in [0, 0.1) is 0 Å². The highest BCUT2D eigenvalue weighted by Gasteiger charge is 2.02. The van der Waals surface area contributed by atoms with Gasteiger partial charge in [-0.3, -0.25) is 4.79 Å². The summed E-state index contributed by atoms with van der Waals surface area (Å²) < 4.78 is 0. The Morgan fingerprint density at radius 1 is 0.967 bits per heavy atom. The number of azide groups is 1. The lowest BCUT2D eigenvalue weighted by Gasteiger charge is -1.99. The van der Waals surface area contributed by atoms with Gasteiger partial charge in [0, 0.05) is 29.5 Å². The number of carbonyl (C=O) groups is 1. The predicted octanol–water partition coefficient (Wildman–Crippen LogP) is 7.52. The Kier molecular flexibility index (Phi) is 16.7. The summed E-state index contributed by atoms with van der Waals surface area (Å²) in [5.74, 6) is 0.0297. The molecule has 1 amide bonds. The highest BCUT2D eigenvalue weighted by atomic mass is 32.1. The summed E-state index contributed by atoms with van der Waals surface area (Å²) in [7, 11) is 0. The average molecular weight is 428 g/mol. The minimum absolute atomic E-state index is 0.0297. The Labute approximate surface area is 184 Å². The molecule has 1 aromatic heterocycles. The van der Waals surface area contributed by atoms with Gasteiger partial charge in [0.05, 0.1) is 0 Å². The summed E-state index contributed by atoms with van der Waals surface area (Å²) in [4.78, 5) is 18.5. The molecule has 1 rings (SSSR count). The van der Waals surface area contributed by atoms with Crippen molar-refractivity contribution in [1.82, 2.24) is 4.98 Å². The Morgan fingerprint density at radius 3 is 2.20 bits per heavy atom. The highest BCUT2D eigenvalue weighted by Crippen LogP contribution is 2.11. The maximum absolute atomic E-state index is 11.7. The zero-order valence-corrected chi connectivity index (χ0v) is 18.5. The van der Waals surface area contributed by atoms with E-state index >= 15 is 0 Å². The molecule has 7 heteroatoms. The molecule has 0 radical (unpaired) electrons. The first kappa shape index (κ1) is 25.4. The van der Waals surface area contributed by atoms with E-state index in [0.717, 1.165) is 57.8 Å². The second-order valence-electron chi connectivity index (χ2n) is 6.67. The maximum atomic E-state index is 11.7. The number of hydrogen-bond acceptors (Lipinski definition) is 4. The zero-order valence-electron chi connectivity index (χ0n) is 17.7. The number of allylic oxidation sites excluding steroid dienone is 8. The maximum Gasteiger partial charge on any atom is 0.226 e. The summed E-state index contributed by atoms with van der Waals surface area (Å²) in [5, 5.41) is 8.84. The molecule has 0 saturated carbocycles. The van der Waals surface area contributed by atoms with Crippen LogP contribution in [0.3, 0.4) is 0 Å². The van der Waals surface area contributed by atoms with Crippen LogP contribution in [0.5, 0.6) is 0 Å². The molecular formula is C23H33N5OS. The zero-order chi connectivity index (χ0) is 21.5. The van der Waals surface area contributed by atoms with Gasteiger partial charge in [0.2, 0.25) is 5.91 Å². The van der Waals surface area contributed by atoms with E-state index in [4.69, 9.17) is 5.53 Å². The van der Waals surface area contributed by atoms with Crippen LogP contribution < -0.4 is 5.32 Å². The largest absolute Gasteiger partial charge is 0.302 e. The lowest BCUT2D eigenvalue weighted by molar-refractivity contribution is -0.116. The summed E-state index contributed by atoms with van der Waals surface area (Å²) in [6.07, 6.45) is 28.6. The molecule has 6 nitrogen and oxygen atoms in total. The molecule has 0 spiro atoms. The standard InChI is InChI=1S/C23H33N5OS/c24-28-26-19-17-15-13-11-9-7-5-3-1-2-4-6-8-10-12-14-16-18-22(29)27-23-25-20-21-30-23/h1,3-4,6-7,9-10,12,20-21H,2,5,8,11,13-19H2,(H,25,27,29)/b3-1-,6-4-,9-7-,12-10-. The van der Waals surface area contributed by atoms with Gasteiger partial charge in [-0.2, -0.15) is 0 Å². The van der Waals surface area contributed by atoms with Gasteiger partial charge in [-0.25, -0.2) is 4.98 Å². The van der Waals surface area contributed by atoms with Crippen molar-refractivity contribution in [2.24, 2.45) is 5.11 Å². The van der Waals surface area contributed by atoms with Gasteiger partial charge in [0.15, 0.2) is 5.13 Å². The quantitative estimate of drug-likeness (QED) is 0.0915. The second kappa shape index (κ2) is 19.7. The Hall–Kier alpha value is -2.63. The van der Waals surface area contributed by atoms with Crippen LogP contribution in [0.4, 0.5) is 5.13 Å². The number of aromatic nitrogens is 1. The van der Waals surface area contributed by atoms with Crippen LogP contribution in [0.2, 0.25) is 0 Å².